The van der Waals surface area contributed by atoms with Crippen LogP contribution in [0, 0.1) is 29.6 Å². The molecule has 0 fully saturated rings. The summed E-state index contributed by atoms with van der Waals surface area (Å²) in [4.78, 5) is 49.0. The minimum Gasteiger partial charge on any atom is -0.493 e. The predicted molar refractivity (Wildman–Crippen MR) is 213 cm³/mol. The zero-order valence-electron chi connectivity index (χ0n) is 31.9. The lowest BCUT2D eigenvalue weighted by Gasteiger charge is -2.12. The first kappa shape index (κ1) is 44.6. The van der Waals surface area contributed by atoms with Gasteiger partial charge >= 0.3 is 17.9 Å². The molecule has 0 radical (unpaired) electrons. The van der Waals surface area contributed by atoms with Crippen LogP contribution in [0.2, 0.25) is 0 Å². The van der Waals surface area contributed by atoms with Crippen LogP contribution in [0.4, 0.5) is 0 Å². The lowest BCUT2D eigenvalue weighted by Crippen LogP contribution is -2.10. The normalized spacial score (nSPS) is 10.9. The van der Waals surface area contributed by atoms with Gasteiger partial charge in [0.05, 0.1) is 40.6 Å². The van der Waals surface area contributed by atoms with Crippen molar-refractivity contribution in [2.75, 3.05) is 40.6 Å². The van der Waals surface area contributed by atoms with Crippen LogP contribution >= 0.6 is 11.8 Å². The Kier molecular flexibility index (Phi) is 18.7. The highest BCUT2D eigenvalue weighted by molar-refractivity contribution is 8.14. The fourth-order valence-electron chi connectivity index (χ4n) is 4.75. The number of carbonyl (C=O) groups is 4. The molecule has 14 heteroatoms. The number of benzene rings is 3. The van der Waals surface area contributed by atoms with Gasteiger partial charge in [-0.3, -0.25) is 4.79 Å². The van der Waals surface area contributed by atoms with E-state index in [2.05, 4.69) is 13.2 Å². The van der Waals surface area contributed by atoms with Gasteiger partial charge in [0.1, 0.15) is 29.0 Å². The lowest BCUT2D eigenvalue weighted by atomic mass is 10.1. The third-order valence-electron chi connectivity index (χ3n) is 7.65. The van der Waals surface area contributed by atoms with Crippen LogP contribution in [0.25, 0.3) is 12.2 Å². The highest BCUT2D eigenvalue weighted by atomic mass is 32.2. The number of unbranched alkanes of at least 4 members (excludes halogenated alkanes) is 2. The molecule has 0 N–H and O–H groups in total. The topological polar surface area (TPSA) is 180 Å². The molecule has 0 heterocycles. The number of nitriles is 2. The van der Waals surface area contributed by atoms with Gasteiger partial charge in [0.2, 0.25) is 5.12 Å². The number of thioether (sulfide) groups is 1. The number of carbonyl (C=O) groups excluding carboxylic acids is 4. The van der Waals surface area contributed by atoms with E-state index in [1.54, 1.807) is 55.5 Å². The molecule has 3 rings (SSSR count). The largest absolute Gasteiger partial charge is 0.493 e. The quantitative estimate of drug-likeness (QED) is 0.0243. The van der Waals surface area contributed by atoms with Crippen LogP contribution in [-0.4, -0.2) is 63.7 Å². The van der Waals surface area contributed by atoms with E-state index in [-0.39, 0.29) is 30.1 Å². The van der Waals surface area contributed by atoms with Gasteiger partial charge in [-0.15, -0.1) is 0 Å². The highest BCUT2D eigenvalue weighted by Crippen LogP contribution is 2.33. The first-order valence-corrected chi connectivity index (χ1v) is 18.4. The SMILES string of the molecule is C=CC(=O)OCCCCOc1ccc(/C=C(\C#N)C(=O)Oc2ccc(SC(=O)/C(C#N)=C/c3ccc(OCCCCOC(=O)C=C)c(OC)c3)c(C)c2)cc1OC. The third kappa shape index (κ3) is 14.8. The summed E-state index contributed by atoms with van der Waals surface area (Å²) >= 11 is 0.841. The van der Waals surface area contributed by atoms with E-state index in [9.17, 15) is 29.7 Å². The Morgan fingerprint density at radius 3 is 1.61 bits per heavy atom. The number of rotatable bonds is 22. The maximum absolute atomic E-state index is 13.2. The van der Waals surface area contributed by atoms with Crippen molar-refractivity contribution in [3.05, 3.63) is 108 Å². The Balaban J connectivity index is 1.60. The Morgan fingerprint density at radius 2 is 1.16 bits per heavy atom. The minimum atomic E-state index is -0.891. The molecular weight excluding hydrogens is 753 g/mol. The van der Waals surface area contributed by atoms with E-state index in [0.29, 0.717) is 83.5 Å². The molecule has 0 bridgehead atoms. The first-order valence-electron chi connectivity index (χ1n) is 17.5. The molecule has 0 aliphatic heterocycles. The van der Waals surface area contributed by atoms with Gasteiger partial charge in [-0.1, -0.05) is 25.3 Å². The number of esters is 3. The molecule has 0 aliphatic rings. The summed E-state index contributed by atoms with van der Waals surface area (Å²) in [5.74, 6) is 0.0256. The van der Waals surface area contributed by atoms with Crippen LogP contribution < -0.4 is 23.7 Å². The van der Waals surface area contributed by atoms with Crippen molar-refractivity contribution >= 4 is 46.9 Å². The number of hydrogen-bond acceptors (Lipinski definition) is 14. The number of methoxy groups -OCH3 is 2. The van der Waals surface area contributed by atoms with Crippen molar-refractivity contribution < 1.29 is 52.3 Å². The van der Waals surface area contributed by atoms with Crippen LogP contribution in [0.3, 0.4) is 0 Å². The summed E-state index contributed by atoms with van der Waals surface area (Å²) in [6.45, 7) is 9.62. The number of aryl methyl sites for hydroxylation is 1. The summed E-state index contributed by atoms with van der Waals surface area (Å²) in [5, 5.41) is 19.0. The van der Waals surface area contributed by atoms with Crippen molar-refractivity contribution in [2.24, 2.45) is 0 Å². The van der Waals surface area contributed by atoms with Gasteiger partial charge in [-0.2, -0.15) is 10.5 Å². The van der Waals surface area contributed by atoms with Gasteiger partial charge in [-0.05, 0) is 116 Å². The molecule has 296 valence electrons. The number of nitrogens with zero attached hydrogens (tertiary/aromatic N) is 2. The molecule has 0 atom stereocenters. The second-order valence-corrected chi connectivity index (χ2v) is 12.7. The molecular formula is C43H42N2O11S. The Labute approximate surface area is 335 Å². The number of ether oxygens (including phenoxy) is 7. The predicted octanol–water partition coefficient (Wildman–Crippen LogP) is 7.53. The van der Waals surface area contributed by atoms with Gasteiger partial charge in [0.15, 0.2) is 23.0 Å². The van der Waals surface area contributed by atoms with Crippen LogP contribution in [0.5, 0.6) is 28.7 Å². The number of hydrogen-bond donors (Lipinski definition) is 0. The van der Waals surface area contributed by atoms with Crippen molar-refractivity contribution in [1.82, 2.24) is 0 Å². The zero-order chi connectivity index (χ0) is 41.6. The van der Waals surface area contributed by atoms with Crippen molar-refractivity contribution in [1.29, 1.82) is 10.5 Å². The van der Waals surface area contributed by atoms with Gasteiger partial charge in [0, 0.05) is 17.0 Å². The van der Waals surface area contributed by atoms with Crippen molar-refractivity contribution in [3.8, 4) is 40.9 Å². The standard InChI is InChI=1S/C43H42N2O11S/c1-6-40(46)54-20-10-8-18-52-35-15-12-30(25-37(35)50-4)23-32(27-44)42(48)56-34-14-17-39(29(3)22-34)57-43(49)33(28-45)24-31-13-16-36(38(26-31)51-5)53-19-9-11-21-55-41(47)7-2/h6-7,12-17,22-26H,1-2,8-11,18-21H2,3-5H3/b32-23+,33-24+. The highest BCUT2D eigenvalue weighted by Gasteiger charge is 2.17. The summed E-state index contributed by atoms with van der Waals surface area (Å²) in [7, 11) is 2.94. The molecule has 57 heavy (non-hydrogen) atoms. The first-order chi connectivity index (χ1) is 27.5. The lowest BCUT2D eigenvalue weighted by molar-refractivity contribution is -0.138. The van der Waals surface area contributed by atoms with E-state index < -0.39 is 23.0 Å². The molecule has 0 aromatic heterocycles. The summed E-state index contributed by atoms with van der Waals surface area (Å²) in [6, 6.07) is 18.4. The monoisotopic (exact) mass is 794 g/mol. The molecule has 13 nitrogen and oxygen atoms in total. The summed E-state index contributed by atoms with van der Waals surface area (Å²) in [5.41, 5.74) is 1.25. The zero-order valence-corrected chi connectivity index (χ0v) is 32.7. The fourth-order valence-corrected chi connectivity index (χ4v) is 5.52. The van der Waals surface area contributed by atoms with Crippen molar-refractivity contribution in [3.63, 3.8) is 0 Å². The Morgan fingerprint density at radius 1 is 0.667 bits per heavy atom. The average molecular weight is 795 g/mol. The molecule has 0 saturated heterocycles. The average Bonchev–Trinajstić information content (AvgIpc) is 3.22. The third-order valence-corrected chi connectivity index (χ3v) is 8.74. The molecule has 0 amide bonds. The molecule has 3 aromatic carbocycles. The summed E-state index contributed by atoms with van der Waals surface area (Å²) < 4.78 is 37.8. The molecule has 3 aromatic rings. The fraction of sp³-hybridized carbons (Fsp3) is 0.256. The second-order valence-electron chi connectivity index (χ2n) is 11.7. The Hall–Kier alpha value is -6.77. The van der Waals surface area contributed by atoms with Crippen LogP contribution in [0.1, 0.15) is 42.4 Å². The molecule has 0 unspecified atom stereocenters. The second kappa shape index (κ2) is 23.9. The van der Waals surface area contributed by atoms with Gasteiger partial charge in [-0.25, -0.2) is 14.4 Å². The van der Waals surface area contributed by atoms with Crippen molar-refractivity contribution in [2.45, 2.75) is 37.5 Å². The van der Waals surface area contributed by atoms with Crippen LogP contribution in [-0.2, 0) is 28.7 Å². The van der Waals surface area contributed by atoms with Gasteiger partial charge in [0.25, 0.3) is 0 Å². The van der Waals surface area contributed by atoms with E-state index in [0.717, 1.165) is 23.9 Å². The molecule has 0 saturated carbocycles. The Bertz CT molecular complexity index is 2090. The van der Waals surface area contributed by atoms with Crippen LogP contribution in [0.15, 0.2) is 95.9 Å². The van der Waals surface area contributed by atoms with E-state index in [1.165, 1.54) is 32.4 Å². The smallest absolute Gasteiger partial charge is 0.354 e. The molecule has 0 aliphatic carbocycles. The summed E-state index contributed by atoms with van der Waals surface area (Å²) in [6.07, 6.45) is 7.47. The minimum absolute atomic E-state index is 0.108. The van der Waals surface area contributed by atoms with E-state index in [4.69, 9.17) is 33.2 Å². The van der Waals surface area contributed by atoms with E-state index in [1.807, 2.05) is 12.1 Å². The molecule has 0 spiro atoms. The maximum Gasteiger partial charge on any atom is 0.354 e. The van der Waals surface area contributed by atoms with E-state index >= 15 is 0 Å². The van der Waals surface area contributed by atoms with Gasteiger partial charge < -0.3 is 33.2 Å². The maximum atomic E-state index is 13.2.